The minimum atomic E-state index is -6.11. The van der Waals surface area contributed by atoms with E-state index < -0.39 is 38.6 Å². The second-order valence-corrected chi connectivity index (χ2v) is 9.30. The van der Waals surface area contributed by atoms with E-state index in [1.54, 1.807) is 32.0 Å². The van der Waals surface area contributed by atoms with Crippen LogP contribution in [0.25, 0.3) is 0 Å². The first kappa shape index (κ1) is 25.8. The monoisotopic (exact) mass is 506 g/mol. The highest BCUT2D eigenvalue weighted by Gasteiger charge is 2.52. The van der Waals surface area contributed by atoms with Crippen LogP contribution in [0.2, 0.25) is 0 Å². The Bertz CT molecular complexity index is 1330. The van der Waals surface area contributed by atoms with Crippen molar-refractivity contribution in [2.75, 3.05) is 9.62 Å². The van der Waals surface area contributed by atoms with E-state index in [4.69, 9.17) is 4.74 Å². The Morgan fingerprint density at radius 3 is 2.00 bits per heavy atom. The van der Waals surface area contributed by atoms with Crippen molar-refractivity contribution in [3.8, 4) is 5.75 Å². The van der Waals surface area contributed by atoms with Crippen LogP contribution in [-0.4, -0.2) is 31.8 Å². The molecule has 3 aromatic rings. The number of carbonyl (C=O) groups is 2. The summed E-state index contributed by atoms with van der Waals surface area (Å²) in [5.41, 5.74) is -6.78. The molecule has 0 aliphatic heterocycles. The van der Waals surface area contributed by atoms with Crippen LogP contribution >= 0.6 is 0 Å². The van der Waals surface area contributed by atoms with Gasteiger partial charge in [0.05, 0.1) is 28.6 Å². The highest BCUT2D eigenvalue weighted by atomic mass is 32.2. The number of alkyl halides is 3. The first-order chi connectivity index (χ1) is 16.4. The lowest BCUT2D eigenvalue weighted by molar-refractivity contribution is -0.0437. The van der Waals surface area contributed by atoms with Gasteiger partial charge in [0, 0.05) is 0 Å². The Morgan fingerprint density at radius 1 is 0.857 bits per heavy atom. The summed E-state index contributed by atoms with van der Waals surface area (Å²) in [6.45, 7) is 3.53. The Kier molecular flexibility index (Phi) is 7.49. The summed E-state index contributed by atoms with van der Waals surface area (Å²) in [5, 5.41) is 2.48. The molecule has 0 unspecified atom stereocenters. The molecule has 0 saturated heterocycles. The topological polar surface area (TPSA) is 92.8 Å². The molecule has 0 saturated carbocycles. The molecule has 0 aliphatic rings. The lowest BCUT2D eigenvalue weighted by atomic mass is 10.1. The van der Waals surface area contributed by atoms with Crippen molar-refractivity contribution >= 4 is 33.2 Å². The van der Waals surface area contributed by atoms with Crippen LogP contribution in [0.5, 0.6) is 5.75 Å². The first-order valence-electron chi connectivity index (χ1n) is 10.3. The summed E-state index contributed by atoms with van der Waals surface area (Å²) >= 11 is 0. The van der Waals surface area contributed by atoms with E-state index in [0.29, 0.717) is 0 Å². The van der Waals surface area contributed by atoms with Gasteiger partial charge in [0.1, 0.15) is 5.75 Å². The molecule has 0 fully saturated rings. The van der Waals surface area contributed by atoms with Crippen LogP contribution in [0.1, 0.15) is 34.6 Å². The van der Waals surface area contributed by atoms with Gasteiger partial charge in [-0.25, -0.2) is 0 Å². The number of ether oxygens (including phenoxy) is 1. The van der Waals surface area contributed by atoms with Crippen LogP contribution in [0.15, 0.2) is 78.9 Å². The highest BCUT2D eigenvalue weighted by Crippen LogP contribution is 2.33. The minimum absolute atomic E-state index is 0.117. The van der Waals surface area contributed by atoms with Gasteiger partial charge >= 0.3 is 15.5 Å². The number of amides is 2. The molecule has 3 rings (SSSR count). The van der Waals surface area contributed by atoms with Crippen molar-refractivity contribution in [1.82, 2.24) is 0 Å². The van der Waals surface area contributed by atoms with Crippen LogP contribution in [-0.2, 0) is 10.0 Å². The molecule has 35 heavy (non-hydrogen) atoms. The number of benzene rings is 3. The lowest BCUT2D eigenvalue weighted by Crippen LogP contribution is -2.45. The predicted molar refractivity (Wildman–Crippen MR) is 125 cm³/mol. The Labute approximate surface area is 200 Å². The average molecular weight is 507 g/mol. The maximum Gasteiger partial charge on any atom is 0.517 e. The molecule has 0 spiro atoms. The maximum absolute atomic E-state index is 13.5. The van der Waals surface area contributed by atoms with Crippen LogP contribution in [0, 0.1) is 0 Å². The largest absolute Gasteiger partial charge is 0.517 e. The molecule has 184 valence electrons. The minimum Gasteiger partial charge on any atom is -0.490 e. The van der Waals surface area contributed by atoms with E-state index in [0.717, 1.165) is 18.2 Å². The molecule has 0 radical (unpaired) electrons. The zero-order valence-electron chi connectivity index (χ0n) is 18.6. The van der Waals surface area contributed by atoms with Gasteiger partial charge in [0.15, 0.2) is 0 Å². The molecular weight excluding hydrogens is 485 g/mol. The normalized spacial score (nSPS) is 11.7. The first-order valence-corrected chi connectivity index (χ1v) is 11.7. The average Bonchev–Trinajstić information content (AvgIpc) is 2.79. The van der Waals surface area contributed by atoms with Gasteiger partial charge in [-0.3, -0.25) is 9.59 Å². The summed E-state index contributed by atoms with van der Waals surface area (Å²) in [5.74, 6) is -1.93. The molecule has 0 aliphatic carbocycles. The van der Waals surface area contributed by atoms with Crippen molar-refractivity contribution in [2.45, 2.75) is 25.5 Å². The Morgan fingerprint density at radius 2 is 1.40 bits per heavy atom. The molecule has 3 aromatic carbocycles. The fraction of sp³-hybridized carbons (Fsp3) is 0.167. The van der Waals surface area contributed by atoms with Gasteiger partial charge in [-0.05, 0) is 50.2 Å². The van der Waals surface area contributed by atoms with E-state index >= 15 is 0 Å². The molecule has 0 atom stereocenters. The van der Waals surface area contributed by atoms with Gasteiger partial charge < -0.3 is 10.1 Å². The summed E-state index contributed by atoms with van der Waals surface area (Å²) in [6, 6.07) is 17.6. The molecule has 1 N–H and O–H groups in total. The molecule has 11 heteroatoms. The Hall–Kier alpha value is -3.86. The summed E-state index contributed by atoms with van der Waals surface area (Å²) < 4.78 is 70.4. The molecule has 0 bridgehead atoms. The van der Waals surface area contributed by atoms with Crippen molar-refractivity contribution < 1.29 is 35.9 Å². The maximum atomic E-state index is 13.5. The number of rotatable bonds is 7. The second kappa shape index (κ2) is 10.2. The van der Waals surface area contributed by atoms with Crippen molar-refractivity contribution in [3.63, 3.8) is 0 Å². The number of nitrogens with zero attached hydrogens (tertiary/aromatic N) is 1. The summed E-state index contributed by atoms with van der Waals surface area (Å²) in [7, 11) is -6.11. The number of carbonyl (C=O) groups excluding carboxylic acids is 2. The SMILES string of the molecule is CC(C)Oc1ccccc1C(=O)Nc1ccccc1C(=O)N(c1ccccc1)S(=O)(=O)C(F)(F)F. The van der Waals surface area contributed by atoms with Gasteiger partial charge in [0.25, 0.3) is 11.8 Å². The third kappa shape index (κ3) is 5.62. The second-order valence-electron chi connectivity index (χ2n) is 7.52. The number of hydrogen-bond donors (Lipinski definition) is 1. The number of hydrogen-bond acceptors (Lipinski definition) is 5. The molecule has 7 nitrogen and oxygen atoms in total. The fourth-order valence-electron chi connectivity index (χ4n) is 3.12. The van der Waals surface area contributed by atoms with E-state index in [-0.39, 0.29) is 27.4 Å². The van der Waals surface area contributed by atoms with E-state index in [1.165, 1.54) is 42.5 Å². The summed E-state index contributed by atoms with van der Waals surface area (Å²) in [6.07, 6.45) is -0.246. The number of halogens is 3. The Balaban J connectivity index is 2.05. The quantitative estimate of drug-likeness (QED) is 0.474. The third-order valence-corrected chi connectivity index (χ3v) is 6.05. The van der Waals surface area contributed by atoms with Crippen LogP contribution < -0.4 is 14.4 Å². The third-order valence-electron chi connectivity index (χ3n) is 4.61. The number of nitrogens with one attached hydrogen (secondary N) is 1. The molecule has 0 heterocycles. The summed E-state index contributed by atoms with van der Waals surface area (Å²) in [4.78, 5) is 26.2. The molecular formula is C24H21F3N2O5S. The number of anilines is 2. The van der Waals surface area contributed by atoms with E-state index in [2.05, 4.69) is 5.32 Å². The van der Waals surface area contributed by atoms with E-state index in [1.807, 2.05) is 0 Å². The van der Waals surface area contributed by atoms with Crippen molar-refractivity contribution in [3.05, 3.63) is 90.0 Å². The number of para-hydroxylation sites is 3. The zero-order valence-corrected chi connectivity index (χ0v) is 19.4. The van der Waals surface area contributed by atoms with Gasteiger partial charge in [-0.1, -0.05) is 42.5 Å². The highest BCUT2D eigenvalue weighted by molar-refractivity contribution is 7.94. The van der Waals surface area contributed by atoms with Crippen LogP contribution in [0.3, 0.4) is 0 Å². The van der Waals surface area contributed by atoms with Crippen molar-refractivity contribution in [2.24, 2.45) is 0 Å². The standard InChI is InChI=1S/C24H21F3N2O5S/c1-16(2)34-21-15-9-7-13-19(21)22(30)28-20-14-8-6-12-18(20)23(31)29(17-10-4-3-5-11-17)35(32,33)24(25,26)27/h3-16H,1-2H3,(H,28,30). The predicted octanol–water partition coefficient (Wildman–Crippen LogP) is 5.22. The van der Waals surface area contributed by atoms with Crippen molar-refractivity contribution in [1.29, 1.82) is 0 Å². The molecule has 0 aromatic heterocycles. The van der Waals surface area contributed by atoms with Gasteiger partial charge in [0.2, 0.25) is 0 Å². The van der Waals surface area contributed by atoms with Crippen LogP contribution in [0.4, 0.5) is 24.5 Å². The smallest absolute Gasteiger partial charge is 0.490 e. The molecule has 2 amide bonds. The van der Waals surface area contributed by atoms with Gasteiger partial charge in [-0.15, -0.1) is 0 Å². The fourth-order valence-corrected chi connectivity index (χ4v) is 4.04. The lowest BCUT2D eigenvalue weighted by Gasteiger charge is -2.24. The van der Waals surface area contributed by atoms with E-state index in [9.17, 15) is 31.2 Å². The number of sulfonamides is 1. The van der Waals surface area contributed by atoms with Gasteiger partial charge in [-0.2, -0.15) is 25.9 Å². The zero-order chi connectivity index (χ0) is 25.8.